The molecule has 1 aliphatic rings. The van der Waals surface area contributed by atoms with Crippen LogP contribution in [0.15, 0.2) is 68.0 Å². The second-order valence-corrected chi connectivity index (χ2v) is 8.92. The Kier molecular flexibility index (Phi) is 5.39. The molecule has 30 heavy (non-hydrogen) atoms. The van der Waals surface area contributed by atoms with Gasteiger partial charge in [0.05, 0.1) is 11.4 Å². The van der Waals surface area contributed by atoms with Crippen molar-refractivity contribution in [2.24, 2.45) is 12.0 Å². The average molecular weight is 422 g/mol. The number of nitrogens with one attached hydrogen (secondary N) is 1. The molecule has 6 nitrogen and oxygen atoms in total. The second kappa shape index (κ2) is 7.99. The minimum atomic E-state index is -0.661. The minimum Gasteiger partial charge on any atom is -0.494 e. The van der Waals surface area contributed by atoms with Gasteiger partial charge in [-0.25, -0.2) is 4.79 Å². The molecule has 4 rings (SSSR count). The lowest BCUT2D eigenvalue weighted by Gasteiger charge is -2.17. The van der Waals surface area contributed by atoms with Gasteiger partial charge in [-0.1, -0.05) is 50.2 Å². The fraction of sp³-hybridized carbons (Fsp3) is 0.261. The van der Waals surface area contributed by atoms with E-state index in [-0.39, 0.29) is 16.7 Å². The molecular weight excluding hydrogens is 398 g/mol. The number of nitrogens with zero attached hydrogens (tertiary/aromatic N) is 2. The second-order valence-electron chi connectivity index (χ2n) is 7.68. The third-order valence-corrected chi connectivity index (χ3v) is 6.65. The topological polar surface area (TPSA) is 87.5 Å². The van der Waals surface area contributed by atoms with Gasteiger partial charge < -0.3 is 5.11 Å². The number of fused-ring (bicyclic) bond motifs is 1. The van der Waals surface area contributed by atoms with E-state index < -0.39 is 11.2 Å². The number of H-pyrrole nitrogens is 1. The first kappa shape index (κ1) is 20.2. The van der Waals surface area contributed by atoms with E-state index >= 15 is 0 Å². The number of aliphatic imine (C=N–C) groups is 1. The molecule has 0 saturated carbocycles. The molecule has 0 saturated heterocycles. The van der Waals surface area contributed by atoms with Crippen molar-refractivity contribution in [2.75, 3.05) is 0 Å². The first-order valence-corrected chi connectivity index (χ1v) is 10.7. The monoisotopic (exact) mass is 421 g/mol. The molecule has 1 atom stereocenters. The summed E-state index contributed by atoms with van der Waals surface area (Å²) in [7, 11) is 1.42. The summed E-state index contributed by atoms with van der Waals surface area (Å²) in [6.07, 6.45) is 0.440. The Morgan fingerprint density at radius 2 is 1.83 bits per heavy atom. The molecule has 154 valence electrons. The number of para-hydroxylation sites is 1. The van der Waals surface area contributed by atoms with Crippen molar-refractivity contribution in [1.82, 2.24) is 9.55 Å². The van der Waals surface area contributed by atoms with Crippen LogP contribution in [0.1, 0.15) is 48.1 Å². The van der Waals surface area contributed by atoms with E-state index in [9.17, 15) is 14.7 Å². The number of aromatic hydroxyl groups is 1. The molecule has 2 N–H and O–H groups in total. The lowest BCUT2D eigenvalue weighted by Crippen LogP contribution is -2.32. The van der Waals surface area contributed by atoms with Crippen LogP contribution in [0.25, 0.3) is 0 Å². The number of hydrogen-bond acceptors (Lipinski definition) is 5. The Labute approximate surface area is 178 Å². The number of rotatable bonds is 3. The van der Waals surface area contributed by atoms with E-state index in [1.54, 1.807) is 11.8 Å². The lowest BCUT2D eigenvalue weighted by atomic mass is 9.98. The largest absolute Gasteiger partial charge is 0.494 e. The number of aromatic nitrogens is 2. The highest BCUT2D eigenvalue weighted by molar-refractivity contribution is 7.99. The molecule has 1 aliphatic heterocycles. The zero-order valence-electron chi connectivity index (χ0n) is 17.0. The number of thioether (sulfide) groups is 1. The Morgan fingerprint density at radius 1 is 1.13 bits per heavy atom. The van der Waals surface area contributed by atoms with Gasteiger partial charge in [0.15, 0.2) is 0 Å². The summed E-state index contributed by atoms with van der Waals surface area (Å²) in [6, 6.07) is 16.2. The molecule has 0 fully saturated rings. The van der Waals surface area contributed by atoms with Crippen LogP contribution in [0.3, 0.4) is 0 Å². The van der Waals surface area contributed by atoms with Crippen LogP contribution in [0.4, 0.5) is 5.69 Å². The average Bonchev–Trinajstić information content (AvgIpc) is 2.92. The first-order chi connectivity index (χ1) is 14.3. The zero-order chi connectivity index (χ0) is 21.4. The minimum absolute atomic E-state index is 0.00430. The molecule has 1 aromatic heterocycles. The van der Waals surface area contributed by atoms with Crippen molar-refractivity contribution in [1.29, 1.82) is 0 Å². The van der Waals surface area contributed by atoms with Gasteiger partial charge in [0, 0.05) is 23.6 Å². The number of aromatic amines is 1. The first-order valence-electron chi connectivity index (χ1n) is 9.81. The summed E-state index contributed by atoms with van der Waals surface area (Å²) in [4.78, 5) is 32.4. The molecule has 2 heterocycles. The van der Waals surface area contributed by atoms with Gasteiger partial charge >= 0.3 is 5.69 Å². The Morgan fingerprint density at radius 3 is 2.53 bits per heavy atom. The standard InChI is InChI=1S/C23H23N3O3S/c1-13(2)14-8-10-15(11-9-14)19-12-17(24-16-6-4-5-7-18(16)30-19)20-21(27)25-23(29)26(3)22(20)28/h4-11,13,19,28H,12H2,1-3H3,(H,25,27,29)/t19-/m0/s1. The predicted octanol–water partition coefficient (Wildman–Crippen LogP) is 4.26. The third kappa shape index (κ3) is 3.73. The Hall–Kier alpha value is -3.06. The molecule has 0 unspecified atom stereocenters. The maximum absolute atomic E-state index is 12.6. The molecule has 0 aliphatic carbocycles. The summed E-state index contributed by atoms with van der Waals surface area (Å²) < 4.78 is 1.02. The SMILES string of the molecule is CC(C)c1ccc([C@@H]2CC(c3c(O)n(C)c(=O)[nH]c3=O)=Nc3ccccc3S2)cc1. The molecule has 7 heteroatoms. The van der Waals surface area contributed by atoms with Gasteiger partial charge in [-0.15, -0.1) is 11.8 Å². The van der Waals surface area contributed by atoms with Gasteiger partial charge in [0.1, 0.15) is 5.56 Å². The third-order valence-electron chi connectivity index (χ3n) is 5.33. The Balaban J connectivity index is 1.85. The lowest BCUT2D eigenvalue weighted by molar-refractivity contribution is 0.416. The van der Waals surface area contributed by atoms with E-state index in [0.29, 0.717) is 18.1 Å². The van der Waals surface area contributed by atoms with Crippen LogP contribution in [0, 0.1) is 0 Å². The van der Waals surface area contributed by atoms with E-state index in [0.717, 1.165) is 20.7 Å². The normalized spacial score (nSPS) is 16.1. The van der Waals surface area contributed by atoms with Gasteiger partial charge in [-0.3, -0.25) is 19.3 Å². The van der Waals surface area contributed by atoms with Gasteiger partial charge in [-0.05, 0) is 29.2 Å². The fourth-order valence-corrected chi connectivity index (χ4v) is 4.75. The van der Waals surface area contributed by atoms with Crippen LogP contribution in [0.5, 0.6) is 5.88 Å². The predicted molar refractivity (Wildman–Crippen MR) is 120 cm³/mol. The van der Waals surface area contributed by atoms with E-state index in [1.165, 1.54) is 12.6 Å². The summed E-state index contributed by atoms with van der Waals surface area (Å²) >= 11 is 1.69. The molecule has 0 radical (unpaired) electrons. The summed E-state index contributed by atoms with van der Waals surface area (Å²) in [5, 5.41) is 10.6. The smallest absolute Gasteiger partial charge is 0.330 e. The van der Waals surface area contributed by atoms with E-state index in [1.807, 2.05) is 24.3 Å². The maximum atomic E-state index is 12.6. The van der Waals surface area contributed by atoms with Gasteiger partial charge in [0.25, 0.3) is 5.56 Å². The van der Waals surface area contributed by atoms with Crippen LogP contribution in [0.2, 0.25) is 0 Å². The van der Waals surface area contributed by atoms with Crippen molar-refractivity contribution >= 4 is 23.2 Å². The van der Waals surface area contributed by atoms with Crippen molar-refractivity contribution in [3.05, 3.63) is 86.1 Å². The molecular formula is C23H23N3O3S. The van der Waals surface area contributed by atoms with Gasteiger partial charge in [-0.2, -0.15) is 0 Å². The summed E-state index contributed by atoms with van der Waals surface area (Å²) in [5.74, 6) is 0.0700. The highest BCUT2D eigenvalue weighted by Crippen LogP contribution is 2.45. The van der Waals surface area contributed by atoms with Gasteiger partial charge in [0.2, 0.25) is 5.88 Å². The molecule has 3 aromatic rings. The van der Waals surface area contributed by atoms with E-state index in [4.69, 9.17) is 4.99 Å². The van der Waals surface area contributed by atoms with E-state index in [2.05, 4.69) is 43.1 Å². The van der Waals surface area contributed by atoms with Crippen LogP contribution in [-0.2, 0) is 7.05 Å². The summed E-state index contributed by atoms with van der Waals surface area (Å²) in [6.45, 7) is 4.32. The Bertz CT molecular complexity index is 1240. The number of benzene rings is 2. The molecule has 2 aromatic carbocycles. The van der Waals surface area contributed by atoms with Crippen LogP contribution >= 0.6 is 11.8 Å². The number of hydrogen-bond donors (Lipinski definition) is 2. The zero-order valence-corrected chi connectivity index (χ0v) is 17.9. The highest BCUT2D eigenvalue weighted by atomic mass is 32.2. The fourth-order valence-electron chi connectivity index (χ4n) is 3.52. The molecule has 0 spiro atoms. The highest BCUT2D eigenvalue weighted by Gasteiger charge is 2.26. The van der Waals surface area contributed by atoms with Crippen molar-refractivity contribution in [3.8, 4) is 5.88 Å². The summed E-state index contributed by atoms with van der Waals surface area (Å²) in [5.41, 5.74) is 2.33. The molecule has 0 bridgehead atoms. The van der Waals surface area contributed by atoms with Crippen molar-refractivity contribution in [3.63, 3.8) is 0 Å². The van der Waals surface area contributed by atoms with Crippen LogP contribution in [-0.4, -0.2) is 20.4 Å². The molecule has 0 amide bonds. The maximum Gasteiger partial charge on any atom is 0.330 e. The quantitative estimate of drug-likeness (QED) is 0.661. The van der Waals surface area contributed by atoms with Crippen LogP contribution < -0.4 is 11.2 Å². The van der Waals surface area contributed by atoms with Crippen molar-refractivity contribution in [2.45, 2.75) is 36.3 Å². The van der Waals surface area contributed by atoms with Crippen molar-refractivity contribution < 1.29 is 5.11 Å².